The minimum absolute atomic E-state index is 0.00314. The number of ether oxygens (including phenoxy) is 2. The van der Waals surface area contributed by atoms with Crippen molar-refractivity contribution in [2.75, 3.05) is 19.7 Å². The van der Waals surface area contributed by atoms with Crippen LogP contribution < -0.4 is 15.0 Å². The highest BCUT2D eigenvalue weighted by molar-refractivity contribution is 8.14. The number of thioether (sulfide) groups is 1. The van der Waals surface area contributed by atoms with Crippen LogP contribution in [0.3, 0.4) is 0 Å². The fourth-order valence-corrected chi connectivity index (χ4v) is 6.13. The van der Waals surface area contributed by atoms with Crippen LogP contribution in [0.2, 0.25) is 0 Å². The molecule has 0 spiro atoms. The Morgan fingerprint density at radius 2 is 1.89 bits per heavy atom. The van der Waals surface area contributed by atoms with E-state index in [4.69, 9.17) is 9.47 Å². The van der Waals surface area contributed by atoms with Gasteiger partial charge in [0.2, 0.25) is 5.12 Å². The lowest BCUT2D eigenvalue weighted by molar-refractivity contribution is 0.109. The van der Waals surface area contributed by atoms with Crippen molar-refractivity contribution in [2.45, 2.75) is 57.1 Å². The average molecular weight is 517 g/mol. The van der Waals surface area contributed by atoms with E-state index in [0.29, 0.717) is 32.8 Å². The minimum atomic E-state index is -0.214. The predicted molar refractivity (Wildman–Crippen MR) is 145 cm³/mol. The first kappa shape index (κ1) is 27.0. The van der Waals surface area contributed by atoms with Crippen LogP contribution in [-0.2, 0) is 0 Å². The third kappa shape index (κ3) is 6.34. The van der Waals surface area contributed by atoms with E-state index in [1.807, 2.05) is 23.6 Å². The molecule has 7 nitrogen and oxygen atoms in total. The van der Waals surface area contributed by atoms with Gasteiger partial charge < -0.3 is 9.47 Å². The first-order valence-corrected chi connectivity index (χ1v) is 13.5. The summed E-state index contributed by atoms with van der Waals surface area (Å²) in [6.07, 6.45) is 7.60. The lowest BCUT2D eigenvalue weighted by Gasteiger charge is -2.23. The maximum absolute atomic E-state index is 13.1. The number of nitroso groups, excluding NO2 is 1. The summed E-state index contributed by atoms with van der Waals surface area (Å²) in [5, 5.41) is 15.5. The Morgan fingerprint density at radius 3 is 2.51 bits per heavy atom. The first-order chi connectivity index (χ1) is 17.1. The highest BCUT2D eigenvalue weighted by atomic mass is 32.2. The number of fused-ring (bicyclic) bond motifs is 1. The van der Waals surface area contributed by atoms with E-state index in [-0.39, 0.29) is 16.1 Å². The van der Waals surface area contributed by atoms with Gasteiger partial charge in [-0.3, -0.25) is 15.5 Å². The number of nitrogens with one attached hydrogen (secondary N) is 1. The summed E-state index contributed by atoms with van der Waals surface area (Å²) in [6.45, 7) is 2.20. The Hall–Kier alpha value is -2.62. The molecule has 1 unspecified atom stereocenters. The molecular weight excluding hydrogens is 484 g/mol. The number of nitrogens with zero attached hydrogens (tertiary/aromatic N) is 1. The van der Waals surface area contributed by atoms with Crippen molar-refractivity contribution in [3.05, 3.63) is 51.1 Å². The zero-order valence-electron chi connectivity index (χ0n) is 20.3. The first-order valence-electron chi connectivity index (χ1n) is 11.8. The van der Waals surface area contributed by atoms with Crippen molar-refractivity contribution in [3.63, 3.8) is 0 Å². The number of thiophene rings is 1. The molecule has 0 bridgehead atoms. The van der Waals surface area contributed by atoms with E-state index in [1.54, 1.807) is 6.07 Å². The number of methoxy groups -OCH3 is 2. The molecule has 0 aliphatic rings. The van der Waals surface area contributed by atoms with E-state index in [0.717, 1.165) is 31.2 Å². The monoisotopic (exact) mass is 516 g/mol. The van der Waals surface area contributed by atoms with E-state index < -0.39 is 0 Å². The molecule has 9 heteroatoms. The number of carbonyl (C=O) groups excluding carboxylic acids is 1. The molecule has 0 radical (unpaired) electrons. The third-order valence-electron chi connectivity index (χ3n) is 5.99. The van der Waals surface area contributed by atoms with Crippen LogP contribution in [0.4, 0.5) is 11.4 Å². The van der Waals surface area contributed by atoms with Crippen LogP contribution in [0, 0.1) is 4.91 Å². The SMILES string of the molecule is CCCCCCCCC(SC(=O)c1cccs1)c1cc(OC)c2c(NO)ccc(N=O)c2c1OC. The normalized spacial score (nSPS) is 11.9. The van der Waals surface area contributed by atoms with Gasteiger partial charge in [0.15, 0.2) is 0 Å². The van der Waals surface area contributed by atoms with Gasteiger partial charge in [0.1, 0.15) is 17.2 Å². The number of rotatable bonds is 14. The van der Waals surface area contributed by atoms with E-state index >= 15 is 0 Å². The molecule has 1 heterocycles. The molecule has 188 valence electrons. The summed E-state index contributed by atoms with van der Waals surface area (Å²) in [7, 11) is 3.06. The maximum Gasteiger partial charge on any atom is 0.229 e. The second-order valence-electron chi connectivity index (χ2n) is 8.21. The molecule has 0 amide bonds. The minimum Gasteiger partial charge on any atom is -0.496 e. The standard InChI is InChI=1S/C26H32N2O5S2/c1-4-5-6-7-8-9-11-21(35-26(29)22-12-10-15-34-22)17-16-20(32-2)23-18(27-30)13-14-19(28-31)24(23)25(17)33-3/h10,12-16,21,27,30H,4-9,11H2,1-3H3. The quantitative estimate of drug-likeness (QED) is 0.126. The molecule has 35 heavy (non-hydrogen) atoms. The molecule has 0 aliphatic carbocycles. The molecule has 0 aliphatic heterocycles. The summed E-state index contributed by atoms with van der Waals surface area (Å²) in [6, 6.07) is 8.61. The van der Waals surface area contributed by atoms with Crippen LogP contribution in [0.15, 0.2) is 40.9 Å². The van der Waals surface area contributed by atoms with Gasteiger partial charge in [-0.1, -0.05) is 63.3 Å². The molecule has 1 aromatic heterocycles. The largest absolute Gasteiger partial charge is 0.496 e. The van der Waals surface area contributed by atoms with Gasteiger partial charge >= 0.3 is 0 Å². The van der Waals surface area contributed by atoms with Gasteiger partial charge in [0, 0.05) is 10.8 Å². The van der Waals surface area contributed by atoms with Gasteiger partial charge in [-0.15, -0.1) is 16.2 Å². The number of hydrogen-bond acceptors (Lipinski definition) is 9. The van der Waals surface area contributed by atoms with Crippen molar-refractivity contribution in [3.8, 4) is 11.5 Å². The smallest absolute Gasteiger partial charge is 0.229 e. The Labute approximate surface area is 214 Å². The Morgan fingerprint density at radius 1 is 1.11 bits per heavy atom. The van der Waals surface area contributed by atoms with E-state index in [1.165, 1.54) is 62.6 Å². The van der Waals surface area contributed by atoms with Crippen LogP contribution in [-0.4, -0.2) is 24.5 Å². The summed E-state index contributed by atoms with van der Waals surface area (Å²) < 4.78 is 11.5. The lowest BCUT2D eigenvalue weighted by Crippen LogP contribution is -2.05. The van der Waals surface area contributed by atoms with Crippen molar-refractivity contribution in [2.24, 2.45) is 5.18 Å². The predicted octanol–water partition coefficient (Wildman–Crippen LogP) is 8.48. The second kappa shape index (κ2) is 13.5. The average Bonchev–Trinajstić information content (AvgIpc) is 3.43. The van der Waals surface area contributed by atoms with E-state index in [2.05, 4.69) is 17.6 Å². The van der Waals surface area contributed by atoms with Crippen LogP contribution >= 0.6 is 23.1 Å². The molecular formula is C26H32N2O5S2. The van der Waals surface area contributed by atoms with Gasteiger partial charge in [-0.05, 0) is 41.2 Å². The summed E-state index contributed by atoms with van der Waals surface area (Å²) in [5.41, 5.74) is 3.47. The molecule has 0 saturated heterocycles. The Balaban J connectivity index is 2.08. The number of hydrogen-bond donors (Lipinski definition) is 2. The topological polar surface area (TPSA) is 97.2 Å². The number of benzene rings is 2. The Kier molecular flexibility index (Phi) is 10.4. The van der Waals surface area contributed by atoms with Crippen molar-refractivity contribution in [1.29, 1.82) is 0 Å². The molecule has 2 N–H and O–H groups in total. The highest BCUT2D eigenvalue weighted by Gasteiger charge is 2.27. The maximum atomic E-state index is 13.1. The fraction of sp³-hybridized carbons (Fsp3) is 0.423. The van der Waals surface area contributed by atoms with Crippen molar-refractivity contribution >= 4 is 50.4 Å². The molecule has 1 atom stereocenters. The van der Waals surface area contributed by atoms with Gasteiger partial charge in [-0.2, -0.15) is 0 Å². The highest BCUT2D eigenvalue weighted by Crippen LogP contribution is 2.50. The summed E-state index contributed by atoms with van der Waals surface area (Å²) in [4.78, 5) is 25.5. The van der Waals surface area contributed by atoms with Crippen LogP contribution in [0.5, 0.6) is 11.5 Å². The summed E-state index contributed by atoms with van der Waals surface area (Å²) >= 11 is 2.68. The Bertz CT molecular complexity index is 1130. The zero-order chi connectivity index (χ0) is 25.2. The molecule has 3 rings (SSSR count). The van der Waals surface area contributed by atoms with Gasteiger partial charge in [0.05, 0.1) is 35.6 Å². The second-order valence-corrected chi connectivity index (χ2v) is 10.3. The molecule has 2 aromatic carbocycles. The number of anilines is 1. The number of carbonyl (C=O) groups is 1. The number of unbranched alkanes of at least 4 members (excludes halogenated alkanes) is 5. The lowest BCUT2D eigenvalue weighted by atomic mass is 9.96. The van der Waals surface area contributed by atoms with Crippen molar-refractivity contribution in [1.82, 2.24) is 0 Å². The molecule has 0 saturated carbocycles. The summed E-state index contributed by atoms with van der Waals surface area (Å²) in [5.74, 6) is 0.907. The van der Waals surface area contributed by atoms with Gasteiger partial charge in [0.25, 0.3) is 0 Å². The van der Waals surface area contributed by atoms with Crippen LogP contribution in [0.1, 0.15) is 72.4 Å². The van der Waals surface area contributed by atoms with Crippen molar-refractivity contribution < 1.29 is 19.5 Å². The van der Waals surface area contributed by atoms with Gasteiger partial charge in [-0.25, -0.2) is 0 Å². The van der Waals surface area contributed by atoms with Crippen LogP contribution in [0.25, 0.3) is 10.8 Å². The molecule has 3 aromatic rings. The zero-order valence-corrected chi connectivity index (χ0v) is 22.0. The van der Waals surface area contributed by atoms with E-state index in [9.17, 15) is 14.9 Å². The fourth-order valence-electron chi connectivity index (χ4n) is 4.26. The third-order valence-corrected chi connectivity index (χ3v) is 8.19. The molecule has 0 fully saturated rings.